The van der Waals surface area contributed by atoms with Gasteiger partial charge in [0.2, 0.25) is 0 Å². The second-order valence-electron chi connectivity index (χ2n) is 5.27. The van der Waals surface area contributed by atoms with Gasteiger partial charge in [0.1, 0.15) is 11.7 Å². The fourth-order valence-corrected chi connectivity index (χ4v) is 1.62. The minimum absolute atomic E-state index is 0.169. The maximum atomic E-state index is 11.6. The van der Waals surface area contributed by atoms with Gasteiger partial charge in [0.05, 0.1) is 12.1 Å². The Labute approximate surface area is 102 Å². The van der Waals surface area contributed by atoms with E-state index in [4.69, 9.17) is 15.3 Å². The van der Waals surface area contributed by atoms with E-state index >= 15 is 0 Å². The lowest BCUT2D eigenvalue weighted by molar-refractivity contribution is -0.157. The van der Waals surface area contributed by atoms with Crippen LogP contribution >= 0.6 is 0 Å². The number of nitrogens with two attached hydrogens (primary N) is 1. The van der Waals surface area contributed by atoms with Crippen LogP contribution in [0.4, 0.5) is 0 Å². The molecule has 1 unspecified atom stereocenters. The second-order valence-corrected chi connectivity index (χ2v) is 5.27. The summed E-state index contributed by atoms with van der Waals surface area (Å²) in [5, 5.41) is 3.96. The summed E-state index contributed by atoms with van der Waals surface area (Å²) < 4.78 is 5.23. The zero-order valence-corrected chi connectivity index (χ0v) is 10.9. The number of oxime groups is 1. The molecule has 17 heavy (non-hydrogen) atoms. The first kappa shape index (κ1) is 14.0. The fraction of sp³-hybridized carbons (Fsp3) is 0.833. The molecule has 0 saturated carbocycles. The van der Waals surface area contributed by atoms with Gasteiger partial charge in [-0.25, -0.2) is 0 Å². The molecule has 1 atom stereocenters. The third-order valence-electron chi connectivity index (χ3n) is 2.28. The van der Waals surface area contributed by atoms with Crippen molar-refractivity contribution in [2.45, 2.75) is 58.2 Å². The molecule has 5 heteroatoms. The first-order chi connectivity index (χ1) is 7.90. The third-order valence-corrected chi connectivity index (χ3v) is 2.28. The number of hydrogen-bond acceptors (Lipinski definition) is 5. The van der Waals surface area contributed by atoms with Gasteiger partial charge in [0.15, 0.2) is 0 Å². The first-order valence-electron chi connectivity index (χ1n) is 6.04. The van der Waals surface area contributed by atoms with Crippen LogP contribution in [0.5, 0.6) is 0 Å². The molecule has 1 heterocycles. The molecule has 0 fully saturated rings. The Morgan fingerprint density at radius 2 is 2.29 bits per heavy atom. The van der Waals surface area contributed by atoms with Gasteiger partial charge >= 0.3 is 5.97 Å². The Bertz CT molecular complexity index is 295. The van der Waals surface area contributed by atoms with E-state index in [1.807, 2.05) is 20.8 Å². The molecule has 0 aromatic rings. The van der Waals surface area contributed by atoms with Crippen molar-refractivity contribution in [3.8, 4) is 0 Å². The molecule has 0 bridgehead atoms. The lowest BCUT2D eigenvalue weighted by Crippen LogP contribution is -2.26. The number of hydrogen-bond donors (Lipinski definition) is 1. The predicted molar refractivity (Wildman–Crippen MR) is 65.7 cm³/mol. The van der Waals surface area contributed by atoms with Gasteiger partial charge in [-0.05, 0) is 40.2 Å². The molecule has 0 saturated heterocycles. The van der Waals surface area contributed by atoms with Gasteiger partial charge in [-0.1, -0.05) is 5.16 Å². The number of rotatable bonds is 5. The molecule has 0 spiro atoms. The van der Waals surface area contributed by atoms with Gasteiger partial charge in [-0.3, -0.25) is 4.79 Å². The third kappa shape index (κ3) is 5.68. The molecule has 0 aromatic heterocycles. The van der Waals surface area contributed by atoms with Crippen molar-refractivity contribution in [3.05, 3.63) is 0 Å². The van der Waals surface area contributed by atoms with Crippen LogP contribution in [0, 0.1) is 0 Å². The highest BCUT2D eigenvalue weighted by atomic mass is 16.6. The number of ether oxygens (including phenoxy) is 1. The van der Waals surface area contributed by atoms with E-state index in [9.17, 15) is 4.79 Å². The lowest BCUT2D eigenvalue weighted by Gasteiger charge is -2.20. The Morgan fingerprint density at radius 1 is 1.59 bits per heavy atom. The Hall–Kier alpha value is -1.10. The first-order valence-corrected chi connectivity index (χ1v) is 6.04. The normalized spacial score (nSPS) is 19.8. The number of esters is 1. The summed E-state index contributed by atoms with van der Waals surface area (Å²) in [6, 6.07) is 0. The van der Waals surface area contributed by atoms with Gasteiger partial charge < -0.3 is 15.3 Å². The zero-order chi connectivity index (χ0) is 12.9. The lowest BCUT2D eigenvalue weighted by atomic mass is 10.1. The van der Waals surface area contributed by atoms with Crippen LogP contribution in [0.3, 0.4) is 0 Å². The smallest absolute Gasteiger partial charge is 0.310 e. The van der Waals surface area contributed by atoms with Crippen molar-refractivity contribution in [2.24, 2.45) is 10.9 Å². The van der Waals surface area contributed by atoms with Crippen molar-refractivity contribution in [3.63, 3.8) is 0 Å². The Balaban J connectivity index is 2.25. The van der Waals surface area contributed by atoms with Crippen LogP contribution in [-0.2, 0) is 14.4 Å². The second kappa shape index (κ2) is 6.00. The highest BCUT2D eigenvalue weighted by Crippen LogP contribution is 2.18. The fourth-order valence-electron chi connectivity index (χ4n) is 1.62. The number of carbonyl (C=O) groups excluding carboxylic acids is 1. The van der Waals surface area contributed by atoms with Crippen molar-refractivity contribution in [1.29, 1.82) is 0 Å². The maximum Gasteiger partial charge on any atom is 0.310 e. The molecule has 0 aliphatic carbocycles. The van der Waals surface area contributed by atoms with Crippen LogP contribution < -0.4 is 5.73 Å². The highest BCUT2D eigenvalue weighted by molar-refractivity contribution is 5.86. The van der Waals surface area contributed by atoms with Crippen LogP contribution in [-0.4, -0.2) is 29.9 Å². The summed E-state index contributed by atoms with van der Waals surface area (Å²) in [5.74, 6) is -0.238. The van der Waals surface area contributed by atoms with Gasteiger partial charge in [0.25, 0.3) is 0 Å². The topological polar surface area (TPSA) is 73.9 Å². The molecule has 0 aromatic carbocycles. The minimum Gasteiger partial charge on any atom is -0.460 e. The maximum absolute atomic E-state index is 11.6. The van der Waals surface area contributed by atoms with Crippen LogP contribution in [0.15, 0.2) is 5.16 Å². The van der Waals surface area contributed by atoms with Crippen molar-refractivity contribution in [1.82, 2.24) is 0 Å². The van der Waals surface area contributed by atoms with E-state index in [2.05, 4.69) is 5.16 Å². The zero-order valence-electron chi connectivity index (χ0n) is 10.9. The minimum atomic E-state index is -0.446. The van der Waals surface area contributed by atoms with Gasteiger partial charge in [-0.2, -0.15) is 0 Å². The molecule has 98 valence electrons. The molecule has 2 N–H and O–H groups in total. The average molecular weight is 242 g/mol. The summed E-state index contributed by atoms with van der Waals surface area (Å²) in [5.41, 5.74) is 5.97. The van der Waals surface area contributed by atoms with Crippen molar-refractivity contribution >= 4 is 11.7 Å². The highest BCUT2D eigenvalue weighted by Gasteiger charge is 2.26. The summed E-state index contributed by atoms with van der Waals surface area (Å²) >= 11 is 0. The van der Waals surface area contributed by atoms with Gasteiger partial charge in [0, 0.05) is 6.42 Å². The van der Waals surface area contributed by atoms with E-state index in [-0.39, 0.29) is 18.5 Å². The monoisotopic (exact) mass is 242 g/mol. The Morgan fingerprint density at radius 3 is 2.88 bits per heavy atom. The average Bonchev–Trinajstić information content (AvgIpc) is 2.59. The molecule has 0 radical (unpaired) electrons. The molecule has 0 amide bonds. The Kier molecular flexibility index (Phi) is 4.93. The van der Waals surface area contributed by atoms with E-state index in [0.29, 0.717) is 13.0 Å². The summed E-state index contributed by atoms with van der Waals surface area (Å²) in [6.45, 7) is 6.20. The molecule has 1 aliphatic rings. The predicted octanol–water partition coefficient (Wildman–Crippen LogP) is 1.60. The quantitative estimate of drug-likeness (QED) is 0.743. The van der Waals surface area contributed by atoms with Crippen molar-refractivity contribution < 1.29 is 14.4 Å². The largest absolute Gasteiger partial charge is 0.460 e. The summed E-state index contributed by atoms with van der Waals surface area (Å²) in [4.78, 5) is 16.8. The van der Waals surface area contributed by atoms with Crippen LogP contribution in [0.25, 0.3) is 0 Å². The van der Waals surface area contributed by atoms with Crippen LogP contribution in [0.1, 0.15) is 46.5 Å². The van der Waals surface area contributed by atoms with Crippen molar-refractivity contribution in [2.75, 3.05) is 6.54 Å². The summed E-state index contributed by atoms with van der Waals surface area (Å²) in [6.07, 6.45) is 2.55. The standard InChI is InChI=1S/C12H22N2O3/c1-12(2,3)16-11(15)8-10-7-9(14-17-10)5-4-6-13/h10H,4-8,13H2,1-3H3. The van der Waals surface area contributed by atoms with Crippen LogP contribution in [0.2, 0.25) is 0 Å². The van der Waals surface area contributed by atoms with E-state index in [1.54, 1.807) is 0 Å². The summed E-state index contributed by atoms with van der Waals surface area (Å²) in [7, 11) is 0. The van der Waals surface area contributed by atoms with E-state index < -0.39 is 5.60 Å². The van der Waals surface area contributed by atoms with E-state index in [0.717, 1.165) is 18.6 Å². The molecule has 1 aliphatic heterocycles. The number of carbonyl (C=O) groups is 1. The molecular weight excluding hydrogens is 220 g/mol. The molecular formula is C12H22N2O3. The van der Waals surface area contributed by atoms with Gasteiger partial charge in [-0.15, -0.1) is 0 Å². The molecule has 5 nitrogen and oxygen atoms in total. The number of nitrogens with zero attached hydrogens (tertiary/aromatic N) is 1. The SMILES string of the molecule is CC(C)(C)OC(=O)CC1CC(CCCN)=NO1. The molecule has 1 rings (SSSR count). The van der Waals surface area contributed by atoms with E-state index in [1.165, 1.54) is 0 Å².